The van der Waals surface area contributed by atoms with E-state index in [4.69, 9.17) is 0 Å². The molecule has 1 N–H and O–H groups in total. The van der Waals surface area contributed by atoms with E-state index in [1.54, 1.807) is 0 Å². The van der Waals surface area contributed by atoms with Crippen LogP contribution in [0, 0.1) is 25.7 Å². The number of rotatable bonds is 4. The average Bonchev–Trinajstić information content (AvgIpc) is 2.37. The number of aromatic nitrogens is 1. The van der Waals surface area contributed by atoms with Crippen LogP contribution in [-0.2, 0) is 0 Å². The smallest absolute Gasteiger partial charge is 0.0423 e. The quantitative estimate of drug-likeness (QED) is 0.878. The van der Waals surface area contributed by atoms with Crippen molar-refractivity contribution in [3.05, 3.63) is 29.1 Å². The first-order valence-corrected chi connectivity index (χ1v) is 7.79. The summed E-state index contributed by atoms with van der Waals surface area (Å²) in [5.41, 5.74) is 3.73. The lowest BCUT2D eigenvalue weighted by atomic mass is 9.76. The Hall–Kier alpha value is -0.890. The zero-order chi connectivity index (χ0) is 13.8. The highest BCUT2D eigenvalue weighted by Crippen LogP contribution is 2.37. The number of hydrogen-bond acceptors (Lipinski definition) is 2. The molecule has 1 heterocycles. The van der Waals surface area contributed by atoms with Crippen molar-refractivity contribution in [2.75, 3.05) is 6.54 Å². The van der Waals surface area contributed by atoms with Crippen LogP contribution >= 0.6 is 0 Å². The van der Waals surface area contributed by atoms with E-state index >= 15 is 0 Å². The lowest BCUT2D eigenvalue weighted by Crippen LogP contribution is -2.32. The van der Waals surface area contributed by atoms with Crippen LogP contribution in [-0.4, -0.2) is 11.5 Å². The maximum absolute atomic E-state index is 4.65. The minimum absolute atomic E-state index is 0.487. The van der Waals surface area contributed by atoms with Gasteiger partial charge in [0.25, 0.3) is 0 Å². The molecule has 2 rings (SSSR count). The van der Waals surface area contributed by atoms with Crippen molar-refractivity contribution in [3.63, 3.8) is 0 Å². The van der Waals surface area contributed by atoms with Crippen molar-refractivity contribution >= 4 is 0 Å². The summed E-state index contributed by atoms with van der Waals surface area (Å²) >= 11 is 0. The van der Waals surface area contributed by atoms with E-state index in [1.165, 1.54) is 36.9 Å². The predicted molar refractivity (Wildman–Crippen MR) is 81.3 cm³/mol. The number of nitrogens with one attached hydrogen (secondary N) is 1. The molecule has 2 heteroatoms. The van der Waals surface area contributed by atoms with Crippen LogP contribution in [0.15, 0.2) is 12.1 Å². The number of nitrogens with zero attached hydrogens (tertiary/aromatic N) is 1. The standard InChI is InChI=1S/C17H28N2/c1-5-18-17(15-8-6-7-12(2)11-15)16-10-9-13(3)19-14(16)4/h9-10,12,15,17-18H,5-8,11H2,1-4H3. The molecule has 3 atom stereocenters. The number of pyridine rings is 1. The van der Waals surface area contributed by atoms with Gasteiger partial charge < -0.3 is 5.32 Å². The third-order valence-electron chi connectivity index (χ3n) is 4.47. The molecule has 1 aliphatic carbocycles. The van der Waals surface area contributed by atoms with Crippen LogP contribution in [0.2, 0.25) is 0 Å². The molecular weight excluding hydrogens is 232 g/mol. The summed E-state index contributed by atoms with van der Waals surface area (Å²) in [7, 11) is 0. The second-order valence-corrected chi connectivity index (χ2v) is 6.19. The van der Waals surface area contributed by atoms with Crippen molar-refractivity contribution in [1.82, 2.24) is 10.3 Å². The molecular formula is C17H28N2. The van der Waals surface area contributed by atoms with Crippen molar-refractivity contribution < 1.29 is 0 Å². The SMILES string of the molecule is CCNC(c1ccc(C)nc1C)C1CCCC(C)C1. The minimum atomic E-state index is 0.487. The highest BCUT2D eigenvalue weighted by atomic mass is 14.9. The van der Waals surface area contributed by atoms with Crippen LogP contribution in [0.1, 0.15) is 62.5 Å². The van der Waals surface area contributed by atoms with E-state index in [-0.39, 0.29) is 0 Å². The number of hydrogen-bond donors (Lipinski definition) is 1. The third-order valence-corrected chi connectivity index (χ3v) is 4.47. The molecule has 0 amide bonds. The van der Waals surface area contributed by atoms with Crippen molar-refractivity contribution in [1.29, 1.82) is 0 Å². The highest BCUT2D eigenvalue weighted by Gasteiger charge is 2.28. The van der Waals surface area contributed by atoms with Gasteiger partial charge in [0.1, 0.15) is 0 Å². The first-order valence-electron chi connectivity index (χ1n) is 7.79. The molecule has 0 aliphatic heterocycles. The van der Waals surface area contributed by atoms with Gasteiger partial charge in [0.15, 0.2) is 0 Å². The fraction of sp³-hybridized carbons (Fsp3) is 0.706. The average molecular weight is 260 g/mol. The highest BCUT2D eigenvalue weighted by molar-refractivity contribution is 5.26. The predicted octanol–water partition coefficient (Wildman–Crippen LogP) is 4.18. The van der Waals surface area contributed by atoms with Gasteiger partial charge in [0, 0.05) is 17.4 Å². The zero-order valence-electron chi connectivity index (χ0n) is 12.9. The molecule has 2 nitrogen and oxygen atoms in total. The van der Waals surface area contributed by atoms with E-state index < -0.39 is 0 Å². The summed E-state index contributed by atoms with van der Waals surface area (Å²) in [6, 6.07) is 4.92. The lowest BCUT2D eigenvalue weighted by Gasteiger charge is -2.34. The summed E-state index contributed by atoms with van der Waals surface area (Å²) in [6.45, 7) is 9.86. The van der Waals surface area contributed by atoms with Gasteiger partial charge in [-0.25, -0.2) is 0 Å². The molecule has 1 aromatic rings. The molecule has 0 aromatic carbocycles. The molecule has 1 saturated carbocycles. The molecule has 1 aromatic heterocycles. The van der Waals surface area contributed by atoms with Gasteiger partial charge in [-0.1, -0.05) is 32.8 Å². The zero-order valence-corrected chi connectivity index (χ0v) is 12.9. The van der Waals surface area contributed by atoms with Crippen LogP contribution < -0.4 is 5.32 Å². The topological polar surface area (TPSA) is 24.9 Å². The van der Waals surface area contributed by atoms with Crippen molar-refractivity contribution in [2.45, 2.75) is 59.4 Å². The lowest BCUT2D eigenvalue weighted by molar-refractivity contribution is 0.224. The Balaban J connectivity index is 2.23. The summed E-state index contributed by atoms with van der Waals surface area (Å²) in [5.74, 6) is 1.64. The Morgan fingerprint density at radius 1 is 1.32 bits per heavy atom. The van der Waals surface area contributed by atoms with Crippen LogP contribution in [0.3, 0.4) is 0 Å². The molecule has 106 valence electrons. The van der Waals surface area contributed by atoms with E-state index in [1.807, 2.05) is 0 Å². The van der Waals surface area contributed by atoms with Gasteiger partial charge >= 0.3 is 0 Å². The summed E-state index contributed by atoms with van der Waals surface area (Å²) in [5, 5.41) is 3.71. The van der Waals surface area contributed by atoms with Gasteiger partial charge in [0.2, 0.25) is 0 Å². The molecule has 0 saturated heterocycles. The van der Waals surface area contributed by atoms with Gasteiger partial charge in [-0.3, -0.25) is 4.98 Å². The Kier molecular flexibility index (Phi) is 4.98. The Morgan fingerprint density at radius 3 is 2.74 bits per heavy atom. The Labute approximate surface area is 118 Å². The normalized spacial score (nSPS) is 25.3. The second-order valence-electron chi connectivity index (χ2n) is 6.19. The second kappa shape index (κ2) is 6.51. The molecule has 19 heavy (non-hydrogen) atoms. The molecule has 0 spiro atoms. The van der Waals surface area contributed by atoms with Gasteiger partial charge in [0.05, 0.1) is 0 Å². The van der Waals surface area contributed by atoms with Crippen LogP contribution in [0.25, 0.3) is 0 Å². The van der Waals surface area contributed by atoms with E-state index in [9.17, 15) is 0 Å². The van der Waals surface area contributed by atoms with Crippen molar-refractivity contribution in [2.24, 2.45) is 11.8 Å². The van der Waals surface area contributed by atoms with E-state index in [2.05, 4.69) is 50.1 Å². The van der Waals surface area contributed by atoms with Crippen LogP contribution in [0.4, 0.5) is 0 Å². The summed E-state index contributed by atoms with van der Waals surface area (Å²) in [4.78, 5) is 4.65. The maximum atomic E-state index is 4.65. The molecule has 0 bridgehead atoms. The summed E-state index contributed by atoms with van der Waals surface area (Å²) < 4.78 is 0. The molecule has 1 aliphatic rings. The molecule has 3 unspecified atom stereocenters. The van der Waals surface area contributed by atoms with Gasteiger partial charge in [-0.2, -0.15) is 0 Å². The van der Waals surface area contributed by atoms with Crippen LogP contribution in [0.5, 0.6) is 0 Å². The van der Waals surface area contributed by atoms with Gasteiger partial charge in [-0.05, 0) is 56.7 Å². The molecule has 0 radical (unpaired) electrons. The first-order chi connectivity index (χ1) is 9.11. The largest absolute Gasteiger partial charge is 0.310 e. The fourth-order valence-electron chi connectivity index (χ4n) is 3.56. The molecule has 1 fully saturated rings. The van der Waals surface area contributed by atoms with E-state index in [0.717, 1.165) is 24.1 Å². The monoisotopic (exact) mass is 260 g/mol. The number of aryl methyl sites for hydroxylation is 2. The fourth-order valence-corrected chi connectivity index (χ4v) is 3.56. The van der Waals surface area contributed by atoms with E-state index in [0.29, 0.717) is 6.04 Å². The Bertz CT molecular complexity index is 414. The third kappa shape index (κ3) is 3.56. The summed E-state index contributed by atoms with van der Waals surface area (Å²) in [6.07, 6.45) is 5.49. The first kappa shape index (κ1) is 14.5. The Morgan fingerprint density at radius 2 is 2.11 bits per heavy atom. The maximum Gasteiger partial charge on any atom is 0.0423 e. The van der Waals surface area contributed by atoms with Gasteiger partial charge in [-0.15, -0.1) is 0 Å². The minimum Gasteiger partial charge on any atom is -0.310 e. The van der Waals surface area contributed by atoms with Crippen molar-refractivity contribution in [3.8, 4) is 0 Å².